The summed E-state index contributed by atoms with van der Waals surface area (Å²) in [7, 11) is 0. The van der Waals surface area contributed by atoms with E-state index in [1.165, 1.54) is 0 Å². The molecule has 2 aromatic rings. The van der Waals surface area contributed by atoms with Crippen molar-refractivity contribution in [1.29, 1.82) is 0 Å². The molecule has 1 aliphatic rings. The van der Waals surface area contributed by atoms with Gasteiger partial charge in [-0.3, -0.25) is 4.79 Å². The number of carbonyl (C=O) groups is 1. The Morgan fingerprint density at radius 3 is 3.05 bits per heavy atom. The lowest BCUT2D eigenvalue weighted by molar-refractivity contribution is 0.0944. The summed E-state index contributed by atoms with van der Waals surface area (Å²) < 4.78 is 7.28. The lowest BCUT2D eigenvalue weighted by atomic mass is 9.96. The van der Waals surface area contributed by atoms with Gasteiger partial charge in [0, 0.05) is 31.0 Å². The first kappa shape index (κ1) is 14.7. The second kappa shape index (κ2) is 6.29. The van der Waals surface area contributed by atoms with Gasteiger partial charge in [0.15, 0.2) is 5.69 Å². The fourth-order valence-corrected chi connectivity index (χ4v) is 2.81. The average molecular weight is 303 g/mol. The number of aromatic nitrogens is 4. The molecule has 0 fully saturated rings. The second-order valence-electron chi connectivity index (χ2n) is 5.89. The monoisotopic (exact) mass is 303 g/mol. The molecule has 3 rings (SSSR count). The molecule has 0 bridgehead atoms. The van der Waals surface area contributed by atoms with E-state index in [0.717, 1.165) is 42.8 Å². The fourth-order valence-electron chi connectivity index (χ4n) is 2.81. The predicted octanol–water partition coefficient (Wildman–Crippen LogP) is 1.70. The summed E-state index contributed by atoms with van der Waals surface area (Å²) in [6.45, 7) is 4.66. The van der Waals surface area contributed by atoms with Crippen LogP contribution in [-0.2, 0) is 19.3 Å². The molecule has 2 heterocycles. The Morgan fingerprint density at radius 1 is 1.41 bits per heavy atom. The van der Waals surface area contributed by atoms with Gasteiger partial charge in [0.2, 0.25) is 0 Å². The zero-order valence-corrected chi connectivity index (χ0v) is 13.0. The lowest BCUT2D eigenvalue weighted by Gasteiger charge is -2.11. The zero-order chi connectivity index (χ0) is 15.5. The molecule has 118 valence electrons. The first-order valence-electron chi connectivity index (χ1n) is 7.81. The summed E-state index contributed by atoms with van der Waals surface area (Å²) in [6.07, 6.45) is 6.32. The molecule has 1 aliphatic carbocycles. The van der Waals surface area contributed by atoms with Crippen molar-refractivity contribution in [2.24, 2.45) is 0 Å². The Hall–Kier alpha value is -2.18. The Balaban J connectivity index is 1.59. The van der Waals surface area contributed by atoms with Crippen LogP contribution in [0.1, 0.15) is 60.4 Å². The summed E-state index contributed by atoms with van der Waals surface area (Å²) >= 11 is 0. The van der Waals surface area contributed by atoms with Gasteiger partial charge in [-0.05, 0) is 33.1 Å². The highest BCUT2D eigenvalue weighted by Gasteiger charge is 2.23. The molecule has 2 aromatic heterocycles. The van der Waals surface area contributed by atoms with Gasteiger partial charge in [-0.1, -0.05) is 5.16 Å². The summed E-state index contributed by atoms with van der Waals surface area (Å²) in [5, 5.41) is 14.9. The van der Waals surface area contributed by atoms with Crippen LogP contribution in [0.25, 0.3) is 0 Å². The Morgan fingerprint density at radius 2 is 2.23 bits per heavy atom. The SMILES string of the molecule is CC(C)n1cnnc1CCNC(=O)c1noc2c1CCCC2. The maximum atomic E-state index is 12.2. The number of fused-ring (bicyclic) bond motifs is 1. The second-order valence-corrected chi connectivity index (χ2v) is 5.89. The van der Waals surface area contributed by atoms with Crippen molar-refractivity contribution in [2.75, 3.05) is 6.54 Å². The molecule has 0 aromatic carbocycles. The van der Waals surface area contributed by atoms with E-state index in [-0.39, 0.29) is 5.91 Å². The van der Waals surface area contributed by atoms with E-state index >= 15 is 0 Å². The molecule has 0 atom stereocenters. The molecule has 0 unspecified atom stereocenters. The van der Waals surface area contributed by atoms with Crippen molar-refractivity contribution in [3.05, 3.63) is 29.2 Å². The van der Waals surface area contributed by atoms with E-state index in [4.69, 9.17) is 4.52 Å². The van der Waals surface area contributed by atoms with Crippen molar-refractivity contribution in [1.82, 2.24) is 25.2 Å². The maximum absolute atomic E-state index is 12.2. The minimum atomic E-state index is -0.164. The van der Waals surface area contributed by atoms with E-state index in [9.17, 15) is 4.79 Å². The Bertz CT molecular complexity index is 659. The van der Waals surface area contributed by atoms with E-state index in [1.54, 1.807) is 6.33 Å². The van der Waals surface area contributed by atoms with Crippen LogP contribution in [0.4, 0.5) is 0 Å². The number of aryl methyl sites for hydroxylation is 1. The van der Waals surface area contributed by atoms with Crippen LogP contribution in [-0.4, -0.2) is 32.4 Å². The van der Waals surface area contributed by atoms with Gasteiger partial charge in [0.1, 0.15) is 17.9 Å². The first-order chi connectivity index (χ1) is 10.7. The predicted molar refractivity (Wildman–Crippen MR) is 79.6 cm³/mol. The van der Waals surface area contributed by atoms with E-state index in [0.29, 0.717) is 24.7 Å². The van der Waals surface area contributed by atoms with Crippen molar-refractivity contribution in [2.45, 2.75) is 52.0 Å². The third-order valence-electron chi connectivity index (χ3n) is 4.00. The summed E-state index contributed by atoms with van der Waals surface area (Å²) in [5.74, 6) is 1.58. The first-order valence-corrected chi connectivity index (χ1v) is 7.81. The quantitative estimate of drug-likeness (QED) is 0.908. The minimum absolute atomic E-state index is 0.164. The Kier molecular flexibility index (Phi) is 4.22. The van der Waals surface area contributed by atoms with E-state index in [1.807, 2.05) is 4.57 Å². The molecular formula is C15H21N5O2. The molecule has 1 N–H and O–H groups in total. The van der Waals surface area contributed by atoms with Gasteiger partial charge in [-0.15, -0.1) is 10.2 Å². The number of carbonyl (C=O) groups excluding carboxylic acids is 1. The highest BCUT2D eigenvalue weighted by atomic mass is 16.5. The smallest absolute Gasteiger partial charge is 0.273 e. The number of hydrogen-bond acceptors (Lipinski definition) is 5. The van der Waals surface area contributed by atoms with Crippen molar-refractivity contribution < 1.29 is 9.32 Å². The highest BCUT2D eigenvalue weighted by molar-refractivity contribution is 5.93. The molecule has 0 radical (unpaired) electrons. The number of nitrogens with zero attached hydrogens (tertiary/aromatic N) is 4. The van der Waals surface area contributed by atoms with Crippen LogP contribution in [0.3, 0.4) is 0 Å². The fraction of sp³-hybridized carbons (Fsp3) is 0.600. The van der Waals surface area contributed by atoms with E-state index in [2.05, 4.69) is 34.5 Å². The van der Waals surface area contributed by atoms with Crippen LogP contribution in [0.15, 0.2) is 10.9 Å². The van der Waals surface area contributed by atoms with Crippen molar-refractivity contribution in [3.63, 3.8) is 0 Å². The molecular weight excluding hydrogens is 282 g/mol. The maximum Gasteiger partial charge on any atom is 0.273 e. The molecule has 7 nitrogen and oxygen atoms in total. The highest BCUT2D eigenvalue weighted by Crippen LogP contribution is 2.24. The van der Waals surface area contributed by atoms with Crippen LogP contribution < -0.4 is 5.32 Å². The van der Waals surface area contributed by atoms with Gasteiger partial charge < -0.3 is 14.4 Å². The summed E-state index contributed by atoms with van der Waals surface area (Å²) in [5.41, 5.74) is 1.43. The van der Waals surface area contributed by atoms with Crippen molar-refractivity contribution in [3.8, 4) is 0 Å². The van der Waals surface area contributed by atoms with Gasteiger partial charge in [0.25, 0.3) is 5.91 Å². The van der Waals surface area contributed by atoms with Crippen molar-refractivity contribution >= 4 is 5.91 Å². The number of hydrogen-bond donors (Lipinski definition) is 1. The lowest BCUT2D eigenvalue weighted by Crippen LogP contribution is -2.28. The molecule has 7 heteroatoms. The zero-order valence-electron chi connectivity index (χ0n) is 13.0. The van der Waals surface area contributed by atoms with Gasteiger partial charge >= 0.3 is 0 Å². The van der Waals surface area contributed by atoms with Crippen LogP contribution in [0.5, 0.6) is 0 Å². The molecule has 0 spiro atoms. The topological polar surface area (TPSA) is 85.8 Å². The summed E-state index contributed by atoms with van der Waals surface area (Å²) in [4.78, 5) is 12.2. The largest absolute Gasteiger partial charge is 0.360 e. The van der Waals surface area contributed by atoms with Gasteiger partial charge in [0.05, 0.1) is 0 Å². The van der Waals surface area contributed by atoms with Crippen LogP contribution in [0, 0.1) is 0 Å². The van der Waals surface area contributed by atoms with Crippen LogP contribution in [0.2, 0.25) is 0 Å². The standard InChI is InChI=1S/C15H21N5O2/c1-10(2)20-9-17-18-13(20)7-8-16-15(21)14-11-5-3-4-6-12(11)22-19-14/h9-10H,3-8H2,1-2H3,(H,16,21). The molecule has 0 saturated heterocycles. The minimum Gasteiger partial charge on any atom is -0.360 e. The van der Waals surface area contributed by atoms with Gasteiger partial charge in [-0.2, -0.15) is 0 Å². The summed E-state index contributed by atoms with van der Waals surface area (Å²) in [6, 6.07) is 0.309. The third-order valence-corrected chi connectivity index (χ3v) is 4.00. The normalized spacial score (nSPS) is 14.1. The number of amides is 1. The number of nitrogens with one attached hydrogen (secondary N) is 1. The molecule has 0 aliphatic heterocycles. The number of rotatable bonds is 5. The molecule has 0 saturated carbocycles. The molecule has 22 heavy (non-hydrogen) atoms. The van der Waals surface area contributed by atoms with Crippen LogP contribution >= 0.6 is 0 Å². The third kappa shape index (κ3) is 2.88. The average Bonchev–Trinajstić information content (AvgIpc) is 3.13. The van der Waals surface area contributed by atoms with Gasteiger partial charge in [-0.25, -0.2) is 0 Å². The van der Waals surface area contributed by atoms with E-state index < -0.39 is 0 Å². The molecule has 1 amide bonds. The Labute approximate surface area is 129 Å².